The smallest absolute Gasteiger partial charge is 0.347 e. The highest BCUT2D eigenvalue weighted by molar-refractivity contribution is 7.89. The standard InChI is InChI=1S/C18H26N2O5S.ClH/c1-3-24-18(21)17-11-14-10-15(4-5-16(14)25-17)26(22,23)20-8-6-13(7-9-20)12-19-2;/h4-5,10,13,17,19H,3,6-9,11-12H2,1-2H3;1H. The van der Waals surface area contributed by atoms with Crippen molar-refractivity contribution in [3.8, 4) is 5.75 Å². The van der Waals surface area contributed by atoms with Crippen LogP contribution in [0, 0.1) is 5.92 Å². The fourth-order valence-corrected chi connectivity index (χ4v) is 5.06. The van der Waals surface area contributed by atoms with E-state index in [9.17, 15) is 13.2 Å². The molecule has 2 heterocycles. The Kier molecular flexibility index (Phi) is 7.50. The molecule has 3 rings (SSSR count). The molecule has 1 aromatic rings. The van der Waals surface area contributed by atoms with Gasteiger partial charge in [-0.2, -0.15) is 4.31 Å². The van der Waals surface area contributed by atoms with E-state index < -0.39 is 22.1 Å². The van der Waals surface area contributed by atoms with Crippen LogP contribution in [0.25, 0.3) is 0 Å². The van der Waals surface area contributed by atoms with Crippen LogP contribution < -0.4 is 10.1 Å². The number of esters is 1. The average Bonchev–Trinajstić information content (AvgIpc) is 3.06. The van der Waals surface area contributed by atoms with E-state index in [0.717, 1.165) is 24.9 Å². The topological polar surface area (TPSA) is 84.9 Å². The Labute approximate surface area is 166 Å². The number of ether oxygens (including phenoxy) is 2. The lowest BCUT2D eigenvalue weighted by molar-refractivity contribution is -0.150. The van der Waals surface area contributed by atoms with Crippen molar-refractivity contribution in [1.82, 2.24) is 9.62 Å². The maximum Gasteiger partial charge on any atom is 0.347 e. The van der Waals surface area contributed by atoms with Gasteiger partial charge in [0.2, 0.25) is 10.0 Å². The van der Waals surface area contributed by atoms with E-state index in [4.69, 9.17) is 9.47 Å². The number of sulfonamides is 1. The second kappa shape index (κ2) is 9.23. The summed E-state index contributed by atoms with van der Waals surface area (Å²) in [4.78, 5) is 12.1. The fourth-order valence-electron chi connectivity index (χ4n) is 3.54. The van der Waals surface area contributed by atoms with E-state index in [1.54, 1.807) is 29.4 Å². The molecule has 1 fully saturated rings. The molecule has 7 nitrogen and oxygen atoms in total. The molecule has 0 aromatic heterocycles. The van der Waals surface area contributed by atoms with Gasteiger partial charge in [0.1, 0.15) is 5.75 Å². The number of piperidine rings is 1. The first-order valence-electron chi connectivity index (χ1n) is 9.06. The summed E-state index contributed by atoms with van der Waals surface area (Å²) in [6.07, 6.45) is 1.36. The van der Waals surface area contributed by atoms with Crippen LogP contribution in [0.3, 0.4) is 0 Å². The molecule has 2 aliphatic heterocycles. The Hall–Kier alpha value is -1.35. The minimum atomic E-state index is -3.53. The summed E-state index contributed by atoms with van der Waals surface area (Å²) in [7, 11) is -1.61. The third-order valence-corrected chi connectivity index (χ3v) is 6.85. The molecule has 9 heteroatoms. The van der Waals surface area contributed by atoms with Crippen LogP contribution >= 0.6 is 12.4 Å². The van der Waals surface area contributed by atoms with E-state index in [2.05, 4.69) is 5.32 Å². The van der Waals surface area contributed by atoms with Crippen LogP contribution in [-0.4, -0.2) is 58.1 Å². The predicted molar refractivity (Wildman–Crippen MR) is 104 cm³/mol. The lowest BCUT2D eigenvalue weighted by atomic mass is 9.98. The molecule has 0 saturated carbocycles. The molecule has 0 spiro atoms. The highest BCUT2D eigenvalue weighted by atomic mass is 35.5. The zero-order valence-corrected chi connectivity index (χ0v) is 17.3. The minimum absolute atomic E-state index is 0. The number of hydrogen-bond donors (Lipinski definition) is 1. The maximum absolute atomic E-state index is 12.9. The SMILES string of the molecule is CCOC(=O)C1Cc2cc(S(=O)(=O)N3CCC(CNC)CC3)ccc2O1.Cl. The number of benzene rings is 1. The Morgan fingerprint density at radius 1 is 1.33 bits per heavy atom. The van der Waals surface area contributed by atoms with E-state index >= 15 is 0 Å². The third-order valence-electron chi connectivity index (χ3n) is 4.96. The van der Waals surface area contributed by atoms with Crippen LogP contribution in [0.2, 0.25) is 0 Å². The second-order valence-electron chi connectivity index (χ2n) is 6.74. The summed E-state index contributed by atoms with van der Waals surface area (Å²) in [5.74, 6) is 0.652. The van der Waals surface area contributed by atoms with Crippen LogP contribution in [0.4, 0.5) is 0 Å². The third kappa shape index (κ3) is 4.74. The van der Waals surface area contributed by atoms with Gasteiger partial charge in [-0.1, -0.05) is 0 Å². The van der Waals surface area contributed by atoms with Crippen LogP contribution in [-0.2, 0) is 26.0 Å². The molecule has 152 valence electrons. The minimum Gasteiger partial charge on any atom is -0.478 e. The first-order valence-corrected chi connectivity index (χ1v) is 10.5. The molecule has 1 unspecified atom stereocenters. The van der Waals surface area contributed by atoms with Crippen molar-refractivity contribution >= 4 is 28.4 Å². The first kappa shape index (κ1) is 21.9. The fraction of sp³-hybridized carbons (Fsp3) is 0.611. The molecule has 0 amide bonds. The van der Waals surface area contributed by atoms with E-state index in [1.807, 2.05) is 7.05 Å². The predicted octanol–water partition coefficient (Wildman–Crippen LogP) is 1.60. The largest absolute Gasteiger partial charge is 0.478 e. The number of hydrogen-bond acceptors (Lipinski definition) is 6. The lowest BCUT2D eigenvalue weighted by Crippen LogP contribution is -2.40. The Balaban J connectivity index is 0.00000261. The monoisotopic (exact) mass is 418 g/mol. The van der Waals surface area contributed by atoms with E-state index in [1.165, 1.54) is 0 Å². The van der Waals surface area contributed by atoms with Crippen LogP contribution in [0.5, 0.6) is 5.75 Å². The number of nitrogens with zero attached hydrogens (tertiary/aromatic N) is 1. The molecular formula is C18H27ClN2O5S. The molecule has 2 aliphatic rings. The summed E-state index contributed by atoms with van der Waals surface area (Å²) >= 11 is 0. The zero-order valence-electron chi connectivity index (χ0n) is 15.6. The zero-order chi connectivity index (χ0) is 18.7. The molecule has 0 aliphatic carbocycles. The molecule has 1 saturated heterocycles. The van der Waals surface area contributed by atoms with Gasteiger partial charge in [0, 0.05) is 19.5 Å². The number of halogens is 1. The molecule has 0 radical (unpaired) electrons. The van der Waals surface area contributed by atoms with Crippen molar-refractivity contribution in [1.29, 1.82) is 0 Å². The maximum atomic E-state index is 12.9. The van der Waals surface area contributed by atoms with Crippen molar-refractivity contribution in [3.63, 3.8) is 0 Å². The lowest BCUT2D eigenvalue weighted by Gasteiger charge is -2.31. The highest BCUT2D eigenvalue weighted by Crippen LogP contribution is 2.33. The summed E-state index contributed by atoms with van der Waals surface area (Å²) in [6, 6.07) is 4.82. The Bertz CT molecular complexity index is 763. The van der Waals surface area contributed by atoms with Gasteiger partial charge in [-0.05, 0) is 63.0 Å². The Morgan fingerprint density at radius 2 is 2.04 bits per heavy atom. The summed E-state index contributed by atoms with van der Waals surface area (Å²) in [5, 5.41) is 3.15. The molecule has 0 bridgehead atoms. The van der Waals surface area contributed by atoms with Crippen molar-refractivity contribution < 1.29 is 22.7 Å². The highest BCUT2D eigenvalue weighted by Gasteiger charge is 2.33. The van der Waals surface area contributed by atoms with Gasteiger partial charge >= 0.3 is 5.97 Å². The molecule has 1 atom stereocenters. The van der Waals surface area contributed by atoms with Gasteiger partial charge in [-0.15, -0.1) is 12.4 Å². The van der Waals surface area contributed by atoms with Crippen LogP contribution in [0.15, 0.2) is 23.1 Å². The number of carbonyl (C=O) groups is 1. The number of rotatable bonds is 6. The van der Waals surface area contributed by atoms with Crippen molar-refractivity contribution in [2.45, 2.75) is 37.2 Å². The van der Waals surface area contributed by atoms with Gasteiger partial charge in [-0.3, -0.25) is 0 Å². The van der Waals surface area contributed by atoms with Gasteiger partial charge in [0.25, 0.3) is 0 Å². The Morgan fingerprint density at radius 3 is 2.67 bits per heavy atom. The normalized spacial score (nSPS) is 20.4. The molecule has 1 aromatic carbocycles. The van der Waals surface area contributed by atoms with Gasteiger partial charge in [0.05, 0.1) is 11.5 Å². The number of carbonyl (C=O) groups excluding carboxylic acids is 1. The van der Waals surface area contributed by atoms with Crippen molar-refractivity contribution in [2.24, 2.45) is 5.92 Å². The molecule has 27 heavy (non-hydrogen) atoms. The van der Waals surface area contributed by atoms with Crippen LogP contribution in [0.1, 0.15) is 25.3 Å². The second-order valence-corrected chi connectivity index (χ2v) is 8.68. The first-order chi connectivity index (χ1) is 12.5. The molecule has 1 N–H and O–H groups in total. The van der Waals surface area contributed by atoms with Crippen molar-refractivity contribution in [2.75, 3.05) is 33.3 Å². The number of fused-ring (bicyclic) bond motifs is 1. The summed E-state index contributed by atoms with van der Waals surface area (Å²) < 4.78 is 38.0. The van der Waals surface area contributed by atoms with Crippen molar-refractivity contribution in [3.05, 3.63) is 23.8 Å². The van der Waals surface area contributed by atoms with Gasteiger partial charge in [0.15, 0.2) is 6.10 Å². The van der Waals surface area contributed by atoms with E-state index in [0.29, 0.717) is 31.2 Å². The average molecular weight is 419 g/mol. The van der Waals surface area contributed by atoms with Gasteiger partial charge < -0.3 is 14.8 Å². The summed E-state index contributed by atoms with van der Waals surface area (Å²) in [5.41, 5.74) is 0.731. The number of nitrogens with one attached hydrogen (secondary N) is 1. The van der Waals surface area contributed by atoms with Gasteiger partial charge in [-0.25, -0.2) is 13.2 Å². The summed E-state index contributed by atoms with van der Waals surface area (Å²) in [6.45, 7) is 4.02. The van der Waals surface area contributed by atoms with E-state index in [-0.39, 0.29) is 23.9 Å². The molecular weight excluding hydrogens is 392 g/mol. The quantitative estimate of drug-likeness (QED) is 0.706.